The van der Waals surface area contributed by atoms with Gasteiger partial charge in [0.2, 0.25) is 0 Å². The molecule has 0 aliphatic rings. The van der Waals surface area contributed by atoms with E-state index in [1.54, 1.807) is 24.3 Å². The van der Waals surface area contributed by atoms with Crippen LogP contribution in [0.5, 0.6) is 0 Å². The Bertz CT molecular complexity index is 1170. The monoisotopic (exact) mass is 431 g/mol. The van der Waals surface area contributed by atoms with E-state index >= 15 is 0 Å². The van der Waals surface area contributed by atoms with Gasteiger partial charge in [0.05, 0.1) is 6.54 Å². The lowest BCUT2D eigenvalue weighted by molar-refractivity contribution is 0.507. The summed E-state index contributed by atoms with van der Waals surface area (Å²) >= 11 is 1.17. The van der Waals surface area contributed by atoms with Gasteiger partial charge in [0.1, 0.15) is 5.00 Å². The molecule has 0 radical (unpaired) electrons. The lowest BCUT2D eigenvalue weighted by Crippen LogP contribution is -2.34. The highest BCUT2D eigenvalue weighted by Crippen LogP contribution is 2.35. The van der Waals surface area contributed by atoms with Gasteiger partial charge in [-0.15, -0.1) is 11.3 Å². The maximum atomic E-state index is 13.5. The Morgan fingerprint density at radius 2 is 1.67 bits per heavy atom. The van der Waals surface area contributed by atoms with Gasteiger partial charge in [0, 0.05) is 11.0 Å². The molecule has 0 atom stereocenters. The van der Waals surface area contributed by atoms with E-state index in [0.717, 1.165) is 32.8 Å². The van der Waals surface area contributed by atoms with E-state index in [0.29, 0.717) is 5.00 Å². The molecule has 5 nitrogen and oxygen atoms in total. The Kier molecular flexibility index (Phi) is 5.24. The third-order valence-corrected chi connectivity index (χ3v) is 8.82. The van der Waals surface area contributed by atoms with Crippen LogP contribution >= 0.6 is 11.3 Å². The number of hydrogen-bond donors (Lipinski definition) is 0. The summed E-state index contributed by atoms with van der Waals surface area (Å²) in [6.07, 6.45) is 0.825. The Morgan fingerprint density at radius 3 is 2.30 bits per heavy atom. The van der Waals surface area contributed by atoms with Gasteiger partial charge in [0.25, 0.3) is 10.0 Å². The number of anilines is 1. The second kappa shape index (κ2) is 7.17. The summed E-state index contributed by atoms with van der Waals surface area (Å²) in [5.41, 5.74) is 0.198. The van der Waals surface area contributed by atoms with Crippen molar-refractivity contribution in [2.45, 2.75) is 6.54 Å². The summed E-state index contributed by atoms with van der Waals surface area (Å²) in [5.74, 6) is -2.16. The molecule has 27 heavy (non-hydrogen) atoms. The molecule has 0 aliphatic heterocycles. The summed E-state index contributed by atoms with van der Waals surface area (Å²) in [7, 11) is -8.09. The number of rotatable bonds is 6. The molecule has 3 aromatic rings. The van der Waals surface area contributed by atoms with Crippen LogP contribution in [0.15, 0.2) is 48.5 Å². The molecule has 0 unspecified atom stereocenters. The summed E-state index contributed by atoms with van der Waals surface area (Å²) in [6, 6.07) is 11.9. The molecular weight excluding hydrogens is 416 g/mol. The third kappa shape index (κ3) is 4.63. The van der Waals surface area contributed by atoms with Gasteiger partial charge < -0.3 is 0 Å². The SMILES string of the molecule is CS(=O)(=O)CS(=O)(=O)N(Cc1ccc(F)c(F)c1)c1cc2ccccc2s1. The number of sulfone groups is 1. The van der Waals surface area contributed by atoms with Crippen LogP contribution in [-0.4, -0.2) is 28.2 Å². The highest BCUT2D eigenvalue weighted by molar-refractivity contribution is 8.08. The van der Waals surface area contributed by atoms with Gasteiger partial charge in [-0.25, -0.2) is 25.6 Å². The van der Waals surface area contributed by atoms with E-state index in [9.17, 15) is 25.6 Å². The molecule has 2 aromatic carbocycles. The number of fused-ring (bicyclic) bond motifs is 1. The molecule has 0 bridgehead atoms. The van der Waals surface area contributed by atoms with Crippen LogP contribution < -0.4 is 4.31 Å². The van der Waals surface area contributed by atoms with E-state index in [-0.39, 0.29) is 12.1 Å². The van der Waals surface area contributed by atoms with Crippen molar-refractivity contribution in [3.8, 4) is 0 Å². The Hall–Kier alpha value is -2.04. The van der Waals surface area contributed by atoms with Crippen LogP contribution in [-0.2, 0) is 26.4 Å². The minimum Gasteiger partial charge on any atom is -0.256 e. The van der Waals surface area contributed by atoms with Crippen LogP contribution in [0.4, 0.5) is 13.8 Å². The fraction of sp³-hybridized carbons (Fsp3) is 0.176. The number of hydrogen-bond acceptors (Lipinski definition) is 5. The van der Waals surface area contributed by atoms with Crippen LogP contribution in [0.2, 0.25) is 0 Å². The molecule has 3 rings (SSSR count). The standard InChI is InChI=1S/C17H15F2NO4S3/c1-26(21,22)11-27(23,24)20(10-12-6-7-14(18)15(19)8-12)17-9-13-4-2-3-5-16(13)25-17/h2-9H,10-11H2,1H3. The molecule has 0 N–H and O–H groups in total. The first-order valence-electron chi connectivity index (χ1n) is 7.66. The lowest BCUT2D eigenvalue weighted by atomic mass is 10.2. The minimum atomic E-state index is -4.26. The normalized spacial score (nSPS) is 12.4. The van der Waals surface area contributed by atoms with Crippen molar-refractivity contribution in [2.75, 3.05) is 15.6 Å². The van der Waals surface area contributed by atoms with E-state index in [1.807, 2.05) is 6.07 Å². The summed E-state index contributed by atoms with van der Waals surface area (Å²) in [6.45, 7) is -0.318. The molecule has 0 amide bonds. The molecule has 1 heterocycles. The molecule has 1 aromatic heterocycles. The van der Waals surface area contributed by atoms with E-state index in [4.69, 9.17) is 0 Å². The predicted octanol–water partition coefficient (Wildman–Crippen LogP) is 3.52. The Balaban J connectivity index is 2.09. The minimum absolute atomic E-state index is 0.198. The van der Waals surface area contributed by atoms with Crippen molar-refractivity contribution in [3.05, 3.63) is 65.7 Å². The van der Waals surface area contributed by atoms with Crippen molar-refractivity contribution in [1.29, 1.82) is 0 Å². The second-order valence-corrected chi connectivity index (χ2v) is 11.5. The Morgan fingerprint density at radius 1 is 0.963 bits per heavy atom. The summed E-state index contributed by atoms with van der Waals surface area (Å²) in [4.78, 5) is 0. The number of thiophene rings is 1. The largest absolute Gasteiger partial charge is 0.256 e. The Labute approximate surface area is 159 Å². The average molecular weight is 432 g/mol. The van der Waals surface area contributed by atoms with Crippen LogP contribution in [0.25, 0.3) is 10.1 Å². The zero-order valence-electron chi connectivity index (χ0n) is 14.1. The molecule has 0 saturated heterocycles. The van der Waals surface area contributed by atoms with Crippen LogP contribution in [0, 0.1) is 11.6 Å². The summed E-state index contributed by atoms with van der Waals surface area (Å²) in [5, 5.41) is 0.00435. The predicted molar refractivity (Wildman–Crippen MR) is 103 cm³/mol. The molecule has 10 heteroatoms. The number of sulfonamides is 1. The zero-order valence-corrected chi connectivity index (χ0v) is 16.5. The van der Waals surface area contributed by atoms with Crippen molar-refractivity contribution in [2.24, 2.45) is 0 Å². The van der Waals surface area contributed by atoms with E-state index in [1.165, 1.54) is 17.4 Å². The third-order valence-electron chi connectivity index (χ3n) is 3.67. The van der Waals surface area contributed by atoms with Crippen LogP contribution in [0.1, 0.15) is 5.56 Å². The quantitative estimate of drug-likeness (QED) is 0.599. The topological polar surface area (TPSA) is 71.5 Å². The van der Waals surface area contributed by atoms with Gasteiger partial charge in [-0.1, -0.05) is 24.3 Å². The summed E-state index contributed by atoms with van der Waals surface area (Å²) < 4.78 is 77.2. The fourth-order valence-corrected chi connectivity index (χ4v) is 7.31. The molecule has 0 aliphatic carbocycles. The second-order valence-electron chi connectivity index (χ2n) is 6.03. The number of nitrogens with zero attached hydrogens (tertiary/aromatic N) is 1. The van der Waals surface area contributed by atoms with Gasteiger partial charge in [0.15, 0.2) is 26.6 Å². The molecule has 0 saturated carbocycles. The highest BCUT2D eigenvalue weighted by Gasteiger charge is 2.28. The molecule has 0 spiro atoms. The van der Waals surface area contributed by atoms with Gasteiger partial charge in [-0.2, -0.15) is 0 Å². The first-order chi connectivity index (χ1) is 12.5. The van der Waals surface area contributed by atoms with Crippen molar-refractivity contribution < 1.29 is 25.6 Å². The lowest BCUT2D eigenvalue weighted by Gasteiger charge is -2.22. The maximum Gasteiger partial charge on any atom is 0.250 e. The zero-order chi connectivity index (χ0) is 19.8. The molecule has 144 valence electrons. The fourth-order valence-electron chi connectivity index (χ4n) is 2.54. The van der Waals surface area contributed by atoms with Gasteiger partial charge in [-0.05, 0) is 35.2 Å². The van der Waals surface area contributed by atoms with E-state index < -0.39 is 36.6 Å². The maximum absolute atomic E-state index is 13.5. The smallest absolute Gasteiger partial charge is 0.250 e. The number of benzene rings is 2. The van der Waals surface area contributed by atoms with Crippen molar-refractivity contribution in [3.63, 3.8) is 0 Å². The highest BCUT2D eigenvalue weighted by atomic mass is 32.3. The van der Waals surface area contributed by atoms with Gasteiger partial charge >= 0.3 is 0 Å². The molecule has 0 fully saturated rings. The van der Waals surface area contributed by atoms with E-state index in [2.05, 4.69) is 0 Å². The van der Waals surface area contributed by atoms with Crippen LogP contribution in [0.3, 0.4) is 0 Å². The number of halogens is 2. The average Bonchev–Trinajstić information content (AvgIpc) is 2.96. The first-order valence-corrected chi connectivity index (χ1v) is 12.1. The van der Waals surface area contributed by atoms with Crippen molar-refractivity contribution in [1.82, 2.24) is 0 Å². The first kappa shape index (κ1) is 19.7. The van der Waals surface area contributed by atoms with Gasteiger partial charge in [-0.3, -0.25) is 4.31 Å². The molecular formula is C17H15F2NO4S3. The van der Waals surface area contributed by atoms with Crippen molar-refractivity contribution >= 4 is 46.3 Å².